The van der Waals surface area contributed by atoms with Crippen molar-refractivity contribution in [2.75, 3.05) is 0 Å². The summed E-state index contributed by atoms with van der Waals surface area (Å²) in [6.45, 7) is 1.90. The fraction of sp³-hybridized carbons (Fsp3) is 0.235. The van der Waals surface area contributed by atoms with Gasteiger partial charge in [0.25, 0.3) is 0 Å². The van der Waals surface area contributed by atoms with Crippen LogP contribution in [0.25, 0.3) is 0 Å². The number of hydrogen-bond acceptors (Lipinski definition) is 4. The van der Waals surface area contributed by atoms with E-state index in [0.717, 1.165) is 5.56 Å². The highest BCUT2D eigenvalue weighted by Gasteiger charge is 2.74. The van der Waals surface area contributed by atoms with Crippen LogP contribution in [0.15, 0.2) is 59.5 Å². The number of nitrogens with two attached hydrogens (primary N) is 1. The smallest absolute Gasteiger partial charge is 0.325 e. The Morgan fingerprint density at radius 3 is 2.17 bits per heavy atom. The Labute approximate surface area is 134 Å². The molecule has 0 amide bonds. The van der Waals surface area contributed by atoms with Crippen molar-refractivity contribution >= 4 is 15.8 Å². The van der Waals surface area contributed by atoms with Gasteiger partial charge in [-0.1, -0.05) is 48.0 Å². The second kappa shape index (κ2) is 5.18. The standard InChI is InChI=1S/C17H17NO4S/c1-11-7-9-12(10-8-11)14-15(17(14,18)16(19)20)23(21,22)13-5-3-2-4-6-13/h2-10,14-15H,18H2,1H3,(H,19,20)/t14-,15+,17+/m1/s1. The van der Waals surface area contributed by atoms with Gasteiger partial charge in [-0.2, -0.15) is 0 Å². The minimum Gasteiger partial charge on any atom is -0.480 e. The molecule has 1 aliphatic rings. The predicted octanol–water partition coefficient (Wildman–Crippen LogP) is 1.72. The Morgan fingerprint density at radius 1 is 1.09 bits per heavy atom. The van der Waals surface area contributed by atoms with Gasteiger partial charge in [-0.3, -0.25) is 4.79 Å². The van der Waals surface area contributed by atoms with Crippen molar-refractivity contribution in [3.63, 3.8) is 0 Å². The van der Waals surface area contributed by atoms with Crippen LogP contribution in [0.3, 0.4) is 0 Å². The summed E-state index contributed by atoms with van der Waals surface area (Å²) < 4.78 is 25.6. The lowest BCUT2D eigenvalue weighted by molar-refractivity contribution is -0.139. The van der Waals surface area contributed by atoms with Gasteiger partial charge in [0.15, 0.2) is 9.84 Å². The number of carboxylic acid groups (broad SMARTS) is 1. The average molecular weight is 331 g/mol. The molecule has 23 heavy (non-hydrogen) atoms. The molecular formula is C17H17NO4S. The molecule has 3 atom stereocenters. The molecule has 6 heteroatoms. The van der Waals surface area contributed by atoms with Crippen LogP contribution in [0.5, 0.6) is 0 Å². The van der Waals surface area contributed by atoms with Crippen LogP contribution in [-0.4, -0.2) is 30.3 Å². The van der Waals surface area contributed by atoms with Crippen molar-refractivity contribution in [3.05, 3.63) is 65.7 Å². The van der Waals surface area contributed by atoms with Gasteiger partial charge in [0, 0.05) is 5.92 Å². The number of benzene rings is 2. The molecule has 3 rings (SSSR count). The van der Waals surface area contributed by atoms with E-state index < -0.39 is 32.5 Å². The summed E-state index contributed by atoms with van der Waals surface area (Å²) in [4.78, 5) is 11.7. The third-order valence-corrected chi connectivity index (χ3v) is 6.65. The molecule has 0 unspecified atom stereocenters. The van der Waals surface area contributed by atoms with E-state index in [0.29, 0.717) is 5.56 Å². The lowest BCUT2D eigenvalue weighted by Crippen LogP contribution is -2.39. The highest BCUT2D eigenvalue weighted by Crippen LogP contribution is 2.55. The van der Waals surface area contributed by atoms with E-state index >= 15 is 0 Å². The fourth-order valence-electron chi connectivity index (χ4n) is 3.05. The molecular weight excluding hydrogens is 314 g/mol. The summed E-state index contributed by atoms with van der Waals surface area (Å²) in [5.74, 6) is -2.06. The van der Waals surface area contributed by atoms with Crippen LogP contribution in [0.2, 0.25) is 0 Å². The minimum absolute atomic E-state index is 0.0932. The number of rotatable bonds is 4. The number of hydrogen-bond donors (Lipinski definition) is 2. The van der Waals surface area contributed by atoms with Gasteiger partial charge in [-0.15, -0.1) is 0 Å². The largest absolute Gasteiger partial charge is 0.480 e. The Bertz CT molecular complexity index is 846. The van der Waals surface area contributed by atoms with Crippen molar-refractivity contribution in [1.29, 1.82) is 0 Å². The summed E-state index contributed by atoms with van der Waals surface area (Å²) in [7, 11) is -3.83. The van der Waals surface area contributed by atoms with Gasteiger partial charge in [-0.25, -0.2) is 8.42 Å². The maximum atomic E-state index is 12.8. The van der Waals surface area contributed by atoms with Crippen LogP contribution in [-0.2, 0) is 14.6 Å². The van der Waals surface area contributed by atoms with Crippen molar-refractivity contribution < 1.29 is 18.3 Å². The molecule has 120 valence electrons. The molecule has 2 aromatic rings. The van der Waals surface area contributed by atoms with E-state index in [1.165, 1.54) is 12.1 Å². The average Bonchev–Trinajstić information content (AvgIpc) is 3.18. The Kier molecular flexibility index (Phi) is 3.54. The zero-order chi connectivity index (χ0) is 16.8. The third kappa shape index (κ3) is 2.34. The molecule has 0 aromatic heterocycles. The van der Waals surface area contributed by atoms with Gasteiger partial charge in [0.2, 0.25) is 0 Å². The molecule has 0 radical (unpaired) electrons. The second-order valence-corrected chi connectivity index (χ2v) is 7.97. The second-order valence-electron chi connectivity index (χ2n) is 5.91. The fourth-order valence-corrected chi connectivity index (χ4v) is 5.30. The number of carbonyl (C=O) groups is 1. The Balaban J connectivity index is 2.07. The summed E-state index contributed by atoms with van der Waals surface area (Å²) in [6, 6.07) is 15.0. The summed E-state index contributed by atoms with van der Waals surface area (Å²) in [6.07, 6.45) is 0. The molecule has 1 fully saturated rings. The number of carboxylic acids is 1. The highest BCUT2D eigenvalue weighted by atomic mass is 32.2. The van der Waals surface area contributed by atoms with E-state index in [1.54, 1.807) is 30.3 Å². The number of aliphatic carboxylic acids is 1. The van der Waals surface area contributed by atoms with Gasteiger partial charge < -0.3 is 10.8 Å². The summed E-state index contributed by atoms with van der Waals surface area (Å²) >= 11 is 0. The van der Waals surface area contributed by atoms with Crippen LogP contribution in [0.4, 0.5) is 0 Å². The Hall–Kier alpha value is -2.18. The van der Waals surface area contributed by atoms with Gasteiger partial charge in [-0.05, 0) is 24.6 Å². The number of sulfone groups is 1. The molecule has 0 heterocycles. The van der Waals surface area contributed by atoms with Gasteiger partial charge in [0.05, 0.1) is 4.90 Å². The SMILES string of the molecule is Cc1ccc([C@@H]2[C@H](S(=O)(=O)c3ccccc3)[C@]2(N)C(=O)O)cc1. The quantitative estimate of drug-likeness (QED) is 0.889. The maximum absolute atomic E-state index is 12.8. The van der Waals surface area contributed by atoms with Crippen molar-refractivity contribution in [2.45, 2.75) is 28.5 Å². The molecule has 0 bridgehead atoms. The first-order chi connectivity index (χ1) is 10.8. The monoisotopic (exact) mass is 331 g/mol. The zero-order valence-corrected chi connectivity index (χ0v) is 13.3. The van der Waals surface area contributed by atoms with E-state index in [9.17, 15) is 18.3 Å². The van der Waals surface area contributed by atoms with Crippen LogP contribution in [0, 0.1) is 6.92 Å². The van der Waals surface area contributed by atoms with Crippen molar-refractivity contribution in [2.24, 2.45) is 5.73 Å². The van der Waals surface area contributed by atoms with E-state index in [4.69, 9.17) is 5.73 Å². The molecule has 0 spiro atoms. The van der Waals surface area contributed by atoms with Crippen molar-refractivity contribution in [1.82, 2.24) is 0 Å². The molecule has 5 nitrogen and oxygen atoms in total. The summed E-state index contributed by atoms with van der Waals surface area (Å²) in [5.41, 5.74) is 5.83. The minimum atomic E-state index is -3.83. The third-order valence-electron chi connectivity index (χ3n) is 4.39. The molecule has 1 saturated carbocycles. The molecule has 3 N–H and O–H groups in total. The first kappa shape index (κ1) is 15.7. The predicted molar refractivity (Wildman–Crippen MR) is 85.9 cm³/mol. The molecule has 1 aliphatic carbocycles. The van der Waals surface area contributed by atoms with Gasteiger partial charge in [0.1, 0.15) is 10.8 Å². The van der Waals surface area contributed by atoms with E-state index in [1.807, 2.05) is 19.1 Å². The normalized spacial score (nSPS) is 26.7. The van der Waals surface area contributed by atoms with Crippen molar-refractivity contribution in [3.8, 4) is 0 Å². The molecule has 2 aromatic carbocycles. The molecule has 0 aliphatic heterocycles. The zero-order valence-electron chi connectivity index (χ0n) is 12.5. The van der Waals surface area contributed by atoms with Crippen LogP contribution in [0.1, 0.15) is 17.0 Å². The Morgan fingerprint density at radius 2 is 1.65 bits per heavy atom. The van der Waals surface area contributed by atoms with Crippen LogP contribution >= 0.6 is 0 Å². The van der Waals surface area contributed by atoms with E-state index in [-0.39, 0.29) is 4.90 Å². The van der Waals surface area contributed by atoms with E-state index in [2.05, 4.69) is 0 Å². The first-order valence-corrected chi connectivity index (χ1v) is 8.72. The highest BCUT2D eigenvalue weighted by molar-refractivity contribution is 7.92. The topological polar surface area (TPSA) is 97.5 Å². The lowest BCUT2D eigenvalue weighted by atomic mass is 10.1. The van der Waals surface area contributed by atoms with Gasteiger partial charge >= 0.3 is 5.97 Å². The van der Waals surface area contributed by atoms with Crippen LogP contribution < -0.4 is 5.73 Å². The number of aryl methyl sites for hydroxylation is 1. The first-order valence-electron chi connectivity index (χ1n) is 7.17. The lowest BCUT2D eigenvalue weighted by Gasteiger charge is -2.06. The maximum Gasteiger partial charge on any atom is 0.325 e. The summed E-state index contributed by atoms with van der Waals surface area (Å²) in [5, 5.41) is 8.32. The molecule has 0 saturated heterocycles.